The van der Waals surface area contributed by atoms with Crippen molar-refractivity contribution in [2.24, 2.45) is 7.05 Å². The van der Waals surface area contributed by atoms with Crippen LogP contribution in [0.4, 0.5) is 5.69 Å². The van der Waals surface area contributed by atoms with Gasteiger partial charge in [-0.2, -0.15) is 5.10 Å². The van der Waals surface area contributed by atoms with E-state index >= 15 is 0 Å². The molecule has 2 aromatic rings. The molecule has 0 saturated heterocycles. The average molecular weight is 308 g/mol. The summed E-state index contributed by atoms with van der Waals surface area (Å²) in [6.07, 6.45) is 3.17. The Bertz CT molecular complexity index is 687. The van der Waals surface area contributed by atoms with Crippen LogP contribution in [0, 0.1) is 6.92 Å². The van der Waals surface area contributed by atoms with Gasteiger partial charge in [0.15, 0.2) is 0 Å². The number of rotatable bonds is 4. The second-order valence-corrected chi connectivity index (χ2v) is 6.54. The smallest absolute Gasteiger partial charge is 0.266 e. The van der Waals surface area contributed by atoms with Gasteiger partial charge >= 0.3 is 0 Å². The van der Waals surface area contributed by atoms with Gasteiger partial charge in [0.1, 0.15) is 9.71 Å². The van der Waals surface area contributed by atoms with Crippen molar-refractivity contribution < 1.29 is 9.90 Å². The summed E-state index contributed by atoms with van der Waals surface area (Å²) >= 11 is 1.39. The predicted octanol–water partition coefficient (Wildman–Crippen LogP) is 1.51. The zero-order valence-electron chi connectivity index (χ0n) is 12.3. The number of aliphatic hydroxyl groups excluding tert-OH is 1. The van der Waals surface area contributed by atoms with Crippen LogP contribution in [0.25, 0.3) is 10.2 Å². The molecule has 0 aromatic carbocycles. The van der Waals surface area contributed by atoms with Crippen LogP contribution in [0.2, 0.25) is 0 Å². The number of hydrogen-bond acceptors (Lipinski definition) is 5. The highest BCUT2D eigenvalue weighted by atomic mass is 32.1. The van der Waals surface area contributed by atoms with Crippen molar-refractivity contribution in [3.63, 3.8) is 0 Å². The average Bonchev–Trinajstić information content (AvgIpc) is 2.86. The molecular formula is C14H20N4O2S. The highest BCUT2D eigenvalue weighted by Crippen LogP contribution is 2.37. The Balaban J connectivity index is 2.00. The van der Waals surface area contributed by atoms with Crippen molar-refractivity contribution in [3.8, 4) is 0 Å². The second-order valence-electron chi connectivity index (χ2n) is 5.54. The van der Waals surface area contributed by atoms with Crippen molar-refractivity contribution in [2.45, 2.75) is 32.2 Å². The van der Waals surface area contributed by atoms with E-state index in [0.29, 0.717) is 17.1 Å². The van der Waals surface area contributed by atoms with Crippen LogP contribution in [0.5, 0.6) is 0 Å². The van der Waals surface area contributed by atoms with Gasteiger partial charge in [0.05, 0.1) is 23.4 Å². The zero-order valence-corrected chi connectivity index (χ0v) is 13.1. The van der Waals surface area contributed by atoms with E-state index in [-0.39, 0.29) is 18.6 Å². The summed E-state index contributed by atoms with van der Waals surface area (Å²) in [6, 6.07) is 0.244. The topological polar surface area (TPSA) is 84.4 Å². The van der Waals surface area contributed by atoms with Crippen molar-refractivity contribution in [1.82, 2.24) is 14.7 Å². The molecule has 21 heavy (non-hydrogen) atoms. The number of aromatic nitrogens is 2. The number of aliphatic hydroxyl groups is 1. The molecule has 0 spiro atoms. The van der Waals surface area contributed by atoms with E-state index in [0.717, 1.165) is 35.2 Å². The largest absolute Gasteiger partial charge is 0.397 e. The summed E-state index contributed by atoms with van der Waals surface area (Å²) in [5.41, 5.74) is 7.56. The fourth-order valence-electron chi connectivity index (χ4n) is 2.87. The summed E-state index contributed by atoms with van der Waals surface area (Å²) in [7, 11) is 1.86. The fourth-order valence-corrected chi connectivity index (χ4v) is 4.02. The molecule has 2 heterocycles. The minimum absolute atomic E-state index is 0.0202. The van der Waals surface area contributed by atoms with Crippen LogP contribution >= 0.6 is 11.3 Å². The number of fused-ring (bicyclic) bond motifs is 1. The molecule has 7 heteroatoms. The Morgan fingerprint density at radius 2 is 2.29 bits per heavy atom. The molecule has 0 aliphatic heterocycles. The first-order valence-electron chi connectivity index (χ1n) is 7.18. The Morgan fingerprint density at radius 1 is 1.57 bits per heavy atom. The standard InChI is InChI=1S/C14H20N4O2S/c1-8-10-11(15)12(21-14(10)17(2)16-8)13(20)18(6-7-19)9-4-3-5-9/h9,19H,3-7,15H2,1-2H3. The number of nitrogens with two attached hydrogens (primary N) is 1. The minimum Gasteiger partial charge on any atom is -0.397 e. The van der Waals surface area contributed by atoms with E-state index in [4.69, 9.17) is 5.73 Å². The quantitative estimate of drug-likeness (QED) is 0.896. The summed E-state index contributed by atoms with van der Waals surface area (Å²) in [5.74, 6) is -0.0631. The molecule has 3 N–H and O–H groups in total. The van der Waals surface area contributed by atoms with Crippen molar-refractivity contribution >= 4 is 33.1 Å². The molecule has 0 bridgehead atoms. The number of carbonyl (C=O) groups excluding carboxylic acids is 1. The SMILES string of the molecule is Cc1nn(C)c2sc(C(=O)N(CCO)C3CCC3)c(N)c12. The first-order valence-corrected chi connectivity index (χ1v) is 7.99. The van der Waals surface area contributed by atoms with Gasteiger partial charge in [0.25, 0.3) is 5.91 Å². The highest BCUT2D eigenvalue weighted by molar-refractivity contribution is 7.21. The highest BCUT2D eigenvalue weighted by Gasteiger charge is 2.32. The maximum atomic E-state index is 12.8. The lowest BCUT2D eigenvalue weighted by molar-refractivity contribution is 0.0531. The molecule has 114 valence electrons. The van der Waals surface area contributed by atoms with Crippen LogP contribution in [0.1, 0.15) is 34.6 Å². The van der Waals surface area contributed by atoms with E-state index in [1.54, 1.807) is 9.58 Å². The van der Waals surface area contributed by atoms with E-state index in [1.807, 2.05) is 14.0 Å². The first-order chi connectivity index (χ1) is 10.0. The van der Waals surface area contributed by atoms with E-state index in [1.165, 1.54) is 11.3 Å². The summed E-state index contributed by atoms with van der Waals surface area (Å²) in [4.78, 5) is 16.1. The minimum atomic E-state index is -0.0631. The number of carbonyl (C=O) groups is 1. The Morgan fingerprint density at radius 3 is 2.81 bits per heavy atom. The van der Waals surface area contributed by atoms with Gasteiger partial charge in [-0.3, -0.25) is 9.48 Å². The maximum Gasteiger partial charge on any atom is 0.266 e. The number of aryl methyl sites for hydroxylation is 2. The number of anilines is 1. The van der Waals surface area contributed by atoms with Gasteiger partial charge in [0, 0.05) is 19.6 Å². The lowest BCUT2D eigenvalue weighted by Crippen LogP contribution is -2.45. The number of nitrogen functional groups attached to an aromatic ring is 1. The van der Waals surface area contributed by atoms with Crippen LogP contribution in [-0.2, 0) is 7.05 Å². The molecule has 1 aliphatic carbocycles. The molecule has 1 fully saturated rings. The van der Waals surface area contributed by atoms with Gasteiger partial charge in [-0.05, 0) is 26.2 Å². The molecule has 2 aromatic heterocycles. The molecule has 0 unspecified atom stereocenters. The van der Waals surface area contributed by atoms with Gasteiger partial charge < -0.3 is 15.7 Å². The van der Waals surface area contributed by atoms with E-state index in [9.17, 15) is 9.90 Å². The lowest BCUT2D eigenvalue weighted by Gasteiger charge is -2.37. The predicted molar refractivity (Wildman–Crippen MR) is 83.5 cm³/mol. The molecule has 1 aliphatic rings. The molecule has 1 amide bonds. The van der Waals surface area contributed by atoms with Gasteiger partial charge in [0.2, 0.25) is 0 Å². The fraction of sp³-hybridized carbons (Fsp3) is 0.571. The molecular weight excluding hydrogens is 288 g/mol. The summed E-state index contributed by atoms with van der Waals surface area (Å²) in [6.45, 7) is 2.25. The number of nitrogens with zero attached hydrogens (tertiary/aromatic N) is 3. The monoisotopic (exact) mass is 308 g/mol. The lowest BCUT2D eigenvalue weighted by atomic mass is 9.91. The summed E-state index contributed by atoms with van der Waals surface area (Å²) < 4.78 is 1.77. The van der Waals surface area contributed by atoms with Crippen LogP contribution in [-0.4, -0.2) is 44.9 Å². The maximum absolute atomic E-state index is 12.8. The number of amides is 1. The molecule has 3 rings (SSSR count). The van der Waals surface area contributed by atoms with Crippen molar-refractivity contribution in [2.75, 3.05) is 18.9 Å². The van der Waals surface area contributed by atoms with E-state index in [2.05, 4.69) is 5.10 Å². The molecule has 1 saturated carbocycles. The van der Waals surface area contributed by atoms with E-state index < -0.39 is 0 Å². The molecule has 6 nitrogen and oxygen atoms in total. The third-order valence-electron chi connectivity index (χ3n) is 4.19. The second kappa shape index (κ2) is 5.31. The zero-order chi connectivity index (χ0) is 15.1. The molecule has 0 radical (unpaired) electrons. The van der Waals surface area contributed by atoms with Gasteiger partial charge in [-0.15, -0.1) is 11.3 Å². The third-order valence-corrected chi connectivity index (χ3v) is 5.45. The normalized spacial score (nSPS) is 15.4. The first kappa shape index (κ1) is 14.3. The molecule has 0 atom stereocenters. The number of thiophene rings is 1. The van der Waals surface area contributed by atoms with Crippen LogP contribution in [0.15, 0.2) is 0 Å². The van der Waals surface area contributed by atoms with Crippen molar-refractivity contribution in [3.05, 3.63) is 10.6 Å². The third kappa shape index (κ3) is 2.20. The summed E-state index contributed by atoms with van der Waals surface area (Å²) in [5, 5.41) is 14.4. The Kier molecular flexibility index (Phi) is 3.62. The van der Waals surface area contributed by atoms with Crippen LogP contribution in [0.3, 0.4) is 0 Å². The van der Waals surface area contributed by atoms with Gasteiger partial charge in [-0.1, -0.05) is 0 Å². The van der Waals surface area contributed by atoms with Crippen molar-refractivity contribution in [1.29, 1.82) is 0 Å². The Hall–Kier alpha value is -1.60. The number of hydrogen-bond donors (Lipinski definition) is 2. The van der Waals surface area contributed by atoms with Crippen LogP contribution < -0.4 is 5.73 Å². The Labute approximate surface area is 127 Å². The van der Waals surface area contributed by atoms with Gasteiger partial charge in [-0.25, -0.2) is 0 Å².